The molecule has 8 heteroatoms. The Labute approximate surface area is 181 Å². The molecule has 0 spiro atoms. The van der Waals surface area contributed by atoms with Gasteiger partial charge in [-0.2, -0.15) is 0 Å². The lowest BCUT2D eigenvalue weighted by Gasteiger charge is -2.32. The molecule has 3 amide bonds. The van der Waals surface area contributed by atoms with Gasteiger partial charge in [0.15, 0.2) is 0 Å². The molecule has 0 radical (unpaired) electrons. The molecular formula is C23H28N4O4. The van der Waals surface area contributed by atoms with Crippen molar-refractivity contribution in [3.63, 3.8) is 0 Å². The van der Waals surface area contributed by atoms with Gasteiger partial charge < -0.3 is 20.1 Å². The summed E-state index contributed by atoms with van der Waals surface area (Å²) in [7, 11) is 1.62. The van der Waals surface area contributed by atoms with Gasteiger partial charge in [-0.05, 0) is 42.9 Å². The molecule has 1 aliphatic heterocycles. The molecule has 8 nitrogen and oxygen atoms in total. The highest BCUT2D eigenvalue weighted by molar-refractivity contribution is 6.35. The van der Waals surface area contributed by atoms with E-state index >= 15 is 0 Å². The molecular weight excluding hydrogens is 396 g/mol. The number of likely N-dealkylation sites (tertiary alicyclic amines) is 1. The zero-order valence-electron chi connectivity index (χ0n) is 17.7. The first kappa shape index (κ1) is 22.3. The van der Waals surface area contributed by atoms with Crippen LogP contribution in [-0.2, 0) is 23.1 Å². The van der Waals surface area contributed by atoms with Crippen LogP contribution in [0.15, 0.2) is 53.5 Å². The van der Waals surface area contributed by atoms with E-state index in [1.54, 1.807) is 30.3 Å². The van der Waals surface area contributed by atoms with Crippen LogP contribution in [0.1, 0.15) is 28.8 Å². The van der Waals surface area contributed by atoms with Gasteiger partial charge in [-0.15, -0.1) is 0 Å². The summed E-state index contributed by atoms with van der Waals surface area (Å²) in [5.74, 6) is -1.35. The van der Waals surface area contributed by atoms with Crippen LogP contribution >= 0.6 is 0 Å². The molecule has 1 aromatic carbocycles. The molecule has 2 N–H and O–H groups in total. The highest BCUT2D eigenvalue weighted by Gasteiger charge is 2.26. The van der Waals surface area contributed by atoms with Gasteiger partial charge in [0.05, 0.1) is 0 Å². The van der Waals surface area contributed by atoms with E-state index in [0.717, 1.165) is 5.56 Å². The molecule has 1 aliphatic rings. The van der Waals surface area contributed by atoms with Crippen molar-refractivity contribution in [2.45, 2.75) is 19.3 Å². The van der Waals surface area contributed by atoms with Gasteiger partial charge >= 0.3 is 11.8 Å². The van der Waals surface area contributed by atoms with E-state index in [0.29, 0.717) is 45.4 Å². The van der Waals surface area contributed by atoms with Crippen LogP contribution in [-0.4, -0.2) is 53.4 Å². The van der Waals surface area contributed by atoms with E-state index in [1.165, 1.54) is 4.57 Å². The molecule has 0 saturated carbocycles. The highest BCUT2D eigenvalue weighted by Crippen LogP contribution is 2.17. The number of pyridine rings is 1. The lowest BCUT2D eigenvalue weighted by atomic mass is 9.96. The zero-order valence-corrected chi connectivity index (χ0v) is 17.7. The third-order valence-electron chi connectivity index (χ3n) is 5.56. The monoisotopic (exact) mass is 424 g/mol. The number of rotatable bonds is 6. The van der Waals surface area contributed by atoms with Crippen molar-refractivity contribution in [3.05, 3.63) is 70.1 Å². The van der Waals surface area contributed by atoms with E-state index in [1.807, 2.05) is 30.3 Å². The predicted octanol–water partition coefficient (Wildman–Crippen LogP) is 0.713. The minimum Gasteiger partial charge on any atom is -0.348 e. The third-order valence-corrected chi connectivity index (χ3v) is 5.56. The number of aromatic nitrogens is 1. The summed E-state index contributed by atoms with van der Waals surface area (Å²) in [4.78, 5) is 50.4. The Morgan fingerprint density at radius 3 is 2.35 bits per heavy atom. The molecule has 0 aliphatic carbocycles. The van der Waals surface area contributed by atoms with Crippen molar-refractivity contribution in [3.8, 4) is 0 Å². The minimum absolute atomic E-state index is 0.170. The Morgan fingerprint density at radius 1 is 0.968 bits per heavy atom. The summed E-state index contributed by atoms with van der Waals surface area (Å²) in [6.07, 6.45) is 3.69. The summed E-state index contributed by atoms with van der Waals surface area (Å²) < 4.78 is 1.39. The Morgan fingerprint density at radius 2 is 1.65 bits per heavy atom. The lowest BCUT2D eigenvalue weighted by Crippen LogP contribution is -2.45. The van der Waals surface area contributed by atoms with E-state index in [4.69, 9.17) is 0 Å². The fourth-order valence-corrected chi connectivity index (χ4v) is 3.63. The quantitative estimate of drug-likeness (QED) is 0.667. The molecule has 0 bridgehead atoms. The number of nitrogens with one attached hydrogen (secondary N) is 2. The van der Waals surface area contributed by atoms with Crippen molar-refractivity contribution < 1.29 is 14.4 Å². The van der Waals surface area contributed by atoms with Crippen LogP contribution in [0.3, 0.4) is 0 Å². The van der Waals surface area contributed by atoms with Crippen molar-refractivity contribution in [2.24, 2.45) is 13.0 Å². The fourth-order valence-electron chi connectivity index (χ4n) is 3.63. The minimum atomic E-state index is -0.639. The first-order valence-electron chi connectivity index (χ1n) is 10.5. The molecule has 2 heterocycles. The molecule has 31 heavy (non-hydrogen) atoms. The summed E-state index contributed by atoms with van der Waals surface area (Å²) in [6.45, 7) is 1.82. The van der Waals surface area contributed by atoms with Crippen LogP contribution in [0.25, 0.3) is 0 Å². The standard InChI is InChI=1S/C23H28N4O4/c1-26-13-5-8-19(22(26)30)23(31)27-14-10-18(11-15-27)16-25-21(29)20(28)24-12-9-17-6-3-2-4-7-17/h2-8,13,18H,9-12,14-16H2,1H3,(H,24,28)(H,25,29). The fraction of sp³-hybridized carbons (Fsp3) is 0.391. The predicted molar refractivity (Wildman–Crippen MR) is 116 cm³/mol. The average molecular weight is 425 g/mol. The van der Waals surface area contributed by atoms with Crippen LogP contribution in [0.4, 0.5) is 0 Å². The smallest absolute Gasteiger partial charge is 0.309 e. The van der Waals surface area contributed by atoms with Gasteiger partial charge in [0.1, 0.15) is 5.56 Å². The first-order chi connectivity index (χ1) is 15.0. The molecule has 1 saturated heterocycles. The molecule has 3 rings (SSSR count). The zero-order chi connectivity index (χ0) is 22.2. The SMILES string of the molecule is Cn1cccc(C(=O)N2CCC(CNC(=O)C(=O)NCCc3ccccc3)CC2)c1=O. The van der Waals surface area contributed by atoms with Gasteiger partial charge in [0.2, 0.25) is 0 Å². The Balaban J connectivity index is 1.38. The van der Waals surface area contributed by atoms with E-state index in [9.17, 15) is 19.2 Å². The average Bonchev–Trinajstić information content (AvgIpc) is 2.80. The summed E-state index contributed by atoms with van der Waals surface area (Å²) in [5.41, 5.74) is 0.960. The normalized spacial score (nSPS) is 14.2. The van der Waals surface area contributed by atoms with Gasteiger partial charge in [-0.3, -0.25) is 19.2 Å². The third kappa shape index (κ3) is 6.04. The Hall–Kier alpha value is -3.42. The van der Waals surface area contributed by atoms with E-state index in [2.05, 4.69) is 10.6 Å². The lowest BCUT2D eigenvalue weighted by molar-refractivity contribution is -0.139. The number of carbonyl (C=O) groups excluding carboxylic acids is 3. The number of carbonyl (C=O) groups is 3. The van der Waals surface area contributed by atoms with Crippen molar-refractivity contribution in [1.29, 1.82) is 0 Å². The van der Waals surface area contributed by atoms with Crippen LogP contribution in [0.2, 0.25) is 0 Å². The molecule has 0 unspecified atom stereocenters. The molecule has 2 aromatic rings. The number of amides is 3. The molecule has 164 valence electrons. The topological polar surface area (TPSA) is 101 Å². The van der Waals surface area contributed by atoms with Crippen LogP contribution in [0, 0.1) is 5.92 Å². The summed E-state index contributed by atoms with van der Waals surface area (Å²) >= 11 is 0. The van der Waals surface area contributed by atoms with Crippen molar-refractivity contribution >= 4 is 17.7 Å². The number of nitrogens with zero attached hydrogens (tertiary/aromatic N) is 2. The highest BCUT2D eigenvalue weighted by atomic mass is 16.2. The molecule has 1 fully saturated rings. The Bertz CT molecular complexity index is 979. The number of hydrogen-bond donors (Lipinski definition) is 2. The summed E-state index contributed by atoms with van der Waals surface area (Å²) in [6, 6.07) is 13.0. The summed E-state index contributed by atoms with van der Waals surface area (Å²) in [5, 5.41) is 5.32. The van der Waals surface area contributed by atoms with E-state index < -0.39 is 11.8 Å². The number of benzene rings is 1. The second-order valence-corrected chi connectivity index (χ2v) is 7.78. The van der Waals surface area contributed by atoms with Gasteiger partial charge in [0, 0.05) is 39.4 Å². The second kappa shape index (κ2) is 10.6. The maximum Gasteiger partial charge on any atom is 0.309 e. The first-order valence-corrected chi connectivity index (χ1v) is 10.5. The van der Waals surface area contributed by atoms with Gasteiger partial charge in [-0.1, -0.05) is 30.3 Å². The second-order valence-electron chi connectivity index (χ2n) is 7.78. The maximum atomic E-state index is 12.6. The largest absolute Gasteiger partial charge is 0.348 e. The van der Waals surface area contributed by atoms with Crippen LogP contribution < -0.4 is 16.2 Å². The van der Waals surface area contributed by atoms with Crippen molar-refractivity contribution in [2.75, 3.05) is 26.2 Å². The van der Waals surface area contributed by atoms with Crippen molar-refractivity contribution in [1.82, 2.24) is 20.1 Å². The number of piperidine rings is 1. The number of hydrogen-bond acceptors (Lipinski definition) is 4. The number of aryl methyl sites for hydroxylation is 1. The molecule has 1 aromatic heterocycles. The maximum absolute atomic E-state index is 12.6. The Kier molecular flexibility index (Phi) is 7.59. The van der Waals surface area contributed by atoms with Gasteiger partial charge in [0.25, 0.3) is 11.5 Å². The van der Waals surface area contributed by atoms with Crippen LogP contribution in [0.5, 0.6) is 0 Å². The molecule has 0 atom stereocenters. The van der Waals surface area contributed by atoms with Gasteiger partial charge in [-0.25, -0.2) is 0 Å². The van der Waals surface area contributed by atoms with E-state index in [-0.39, 0.29) is 22.9 Å².